The molecular weight excluding hydrogens is 284 g/mol. The van der Waals surface area contributed by atoms with Crippen LogP contribution in [0.3, 0.4) is 0 Å². The number of rotatable bonds is 3. The van der Waals surface area contributed by atoms with E-state index in [1.54, 1.807) is 4.90 Å². The highest BCUT2D eigenvalue weighted by Crippen LogP contribution is 2.16. The largest absolute Gasteiger partial charge is 0.480 e. The van der Waals surface area contributed by atoms with E-state index in [9.17, 15) is 18.4 Å². The average Bonchev–Trinajstić information content (AvgIpc) is 2.42. The van der Waals surface area contributed by atoms with Crippen molar-refractivity contribution in [1.29, 1.82) is 0 Å². The molecule has 1 heterocycles. The van der Waals surface area contributed by atoms with Crippen LogP contribution in [0.1, 0.15) is 0 Å². The Balaban J connectivity index is 1.89. The minimum absolute atomic E-state index is 0.0674. The topological polar surface area (TPSA) is 72.9 Å². The van der Waals surface area contributed by atoms with Gasteiger partial charge in [0.25, 0.3) is 0 Å². The highest BCUT2D eigenvalue weighted by atomic mass is 19.1. The van der Waals surface area contributed by atoms with Crippen molar-refractivity contribution in [3.63, 3.8) is 0 Å². The second-order valence-corrected chi connectivity index (χ2v) is 4.71. The minimum atomic E-state index is -0.915. The van der Waals surface area contributed by atoms with Crippen molar-refractivity contribution < 1.29 is 23.5 Å². The Morgan fingerprint density at radius 1 is 1.19 bits per heavy atom. The van der Waals surface area contributed by atoms with Gasteiger partial charge in [-0.15, -0.1) is 0 Å². The molecule has 0 aliphatic carbocycles. The van der Waals surface area contributed by atoms with Crippen LogP contribution in [0, 0.1) is 11.6 Å². The molecule has 2 amide bonds. The molecular formula is C13H15F2N3O3. The van der Waals surface area contributed by atoms with Crippen LogP contribution in [-0.2, 0) is 4.79 Å². The van der Waals surface area contributed by atoms with Crippen LogP contribution >= 0.6 is 0 Å². The van der Waals surface area contributed by atoms with Crippen LogP contribution in [0.2, 0.25) is 0 Å². The lowest BCUT2D eigenvalue weighted by atomic mass is 10.3. The second-order valence-electron chi connectivity index (χ2n) is 4.71. The van der Waals surface area contributed by atoms with Crippen LogP contribution in [0.15, 0.2) is 18.2 Å². The predicted octanol–water partition coefficient (Wildman–Crippen LogP) is 1.20. The van der Waals surface area contributed by atoms with Gasteiger partial charge in [0.2, 0.25) is 0 Å². The van der Waals surface area contributed by atoms with E-state index < -0.39 is 23.6 Å². The van der Waals surface area contributed by atoms with Crippen molar-refractivity contribution in [3.05, 3.63) is 29.8 Å². The molecule has 2 N–H and O–H groups in total. The van der Waals surface area contributed by atoms with E-state index in [1.807, 2.05) is 0 Å². The first-order chi connectivity index (χ1) is 9.95. The fourth-order valence-electron chi connectivity index (χ4n) is 2.09. The van der Waals surface area contributed by atoms with Gasteiger partial charge < -0.3 is 15.3 Å². The molecule has 6 nitrogen and oxygen atoms in total. The zero-order valence-electron chi connectivity index (χ0n) is 11.2. The summed E-state index contributed by atoms with van der Waals surface area (Å²) in [6, 6.07) is 2.42. The minimum Gasteiger partial charge on any atom is -0.480 e. The van der Waals surface area contributed by atoms with E-state index in [1.165, 1.54) is 4.90 Å². The van der Waals surface area contributed by atoms with Crippen LogP contribution in [0.4, 0.5) is 19.3 Å². The molecule has 21 heavy (non-hydrogen) atoms. The van der Waals surface area contributed by atoms with Crippen LogP contribution in [0.25, 0.3) is 0 Å². The number of piperazine rings is 1. The SMILES string of the molecule is O=C(O)CN1CCN(C(=O)Nc2ccc(F)cc2F)CC1. The molecule has 1 fully saturated rings. The number of carbonyl (C=O) groups excluding carboxylic acids is 1. The van der Waals surface area contributed by atoms with E-state index in [-0.39, 0.29) is 12.2 Å². The molecule has 0 bridgehead atoms. The number of carbonyl (C=O) groups is 2. The number of nitrogens with zero attached hydrogens (tertiary/aromatic N) is 2. The summed E-state index contributed by atoms with van der Waals surface area (Å²) >= 11 is 0. The molecule has 1 aromatic rings. The molecule has 2 rings (SSSR count). The van der Waals surface area contributed by atoms with Gasteiger partial charge in [0.15, 0.2) is 0 Å². The third-order valence-corrected chi connectivity index (χ3v) is 3.19. The maximum Gasteiger partial charge on any atom is 0.322 e. The smallest absolute Gasteiger partial charge is 0.322 e. The van der Waals surface area contributed by atoms with Crippen molar-refractivity contribution in [1.82, 2.24) is 9.80 Å². The molecule has 0 unspecified atom stereocenters. The van der Waals surface area contributed by atoms with Crippen molar-refractivity contribution in [2.45, 2.75) is 0 Å². The van der Waals surface area contributed by atoms with E-state index >= 15 is 0 Å². The number of hydrogen-bond donors (Lipinski definition) is 2. The third kappa shape index (κ3) is 4.12. The lowest BCUT2D eigenvalue weighted by molar-refractivity contribution is -0.138. The second kappa shape index (κ2) is 6.49. The summed E-state index contributed by atoms with van der Waals surface area (Å²) in [5, 5.41) is 11.1. The number of halogens is 2. The number of urea groups is 1. The molecule has 0 radical (unpaired) electrons. The zero-order valence-corrected chi connectivity index (χ0v) is 11.2. The fourth-order valence-corrected chi connectivity index (χ4v) is 2.09. The van der Waals surface area contributed by atoms with Gasteiger partial charge in [0, 0.05) is 32.2 Å². The molecule has 0 spiro atoms. The van der Waals surface area contributed by atoms with E-state index in [0.29, 0.717) is 32.2 Å². The quantitative estimate of drug-likeness (QED) is 0.879. The monoisotopic (exact) mass is 299 g/mol. The number of nitrogens with one attached hydrogen (secondary N) is 1. The molecule has 0 saturated carbocycles. The van der Waals surface area contributed by atoms with Crippen molar-refractivity contribution in [2.75, 3.05) is 38.0 Å². The van der Waals surface area contributed by atoms with Gasteiger partial charge in [-0.1, -0.05) is 0 Å². The first kappa shape index (κ1) is 15.2. The number of amides is 2. The number of carboxylic acid groups (broad SMARTS) is 1. The van der Waals surface area contributed by atoms with Gasteiger partial charge >= 0.3 is 12.0 Å². The average molecular weight is 299 g/mol. The predicted molar refractivity (Wildman–Crippen MR) is 71.0 cm³/mol. The molecule has 8 heteroatoms. The first-order valence-electron chi connectivity index (χ1n) is 6.41. The molecule has 0 atom stereocenters. The van der Waals surface area contributed by atoms with Crippen LogP contribution in [-0.4, -0.2) is 59.6 Å². The number of aliphatic carboxylic acids is 1. The van der Waals surface area contributed by atoms with Crippen molar-refractivity contribution in [3.8, 4) is 0 Å². The first-order valence-corrected chi connectivity index (χ1v) is 6.41. The Morgan fingerprint density at radius 2 is 1.86 bits per heavy atom. The highest BCUT2D eigenvalue weighted by molar-refractivity contribution is 5.89. The van der Waals surface area contributed by atoms with Gasteiger partial charge in [0.05, 0.1) is 12.2 Å². The van der Waals surface area contributed by atoms with E-state index in [0.717, 1.165) is 12.1 Å². The summed E-state index contributed by atoms with van der Waals surface area (Å²) in [6.07, 6.45) is 0. The summed E-state index contributed by atoms with van der Waals surface area (Å²) < 4.78 is 26.2. The van der Waals surface area contributed by atoms with Crippen LogP contribution in [0.5, 0.6) is 0 Å². The van der Waals surface area contributed by atoms with Crippen molar-refractivity contribution in [2.24, 2.45) is 0 Å². The highest BCUT2D eigenvalue weighted by Gasteiger charge is 2.22. The maximum atomic E-state index is 13.4. The van der Waals surface area contributed by atoms with Gasteiger partial charge in [0.1, 0.15) is 11.6 Å². The molecule has 114 valence electrons. The van der Waals surface area contributed by atoms with Gasteiger partial charge in [-0.05, 0) is 12.1 Å². The lowest BCUT2D eigenvalue weighted by Crippen LogP contribution is -2.51. The van der Waals surface area contributed by atoms with E-state index in [4.69, 9.17) is 5.11 Å². The number of benzene rings is 1. The lowest BCUT2D eigenvalue weighted by Gasteiger charge is -2.33. The Labute approximate surface area is 119 Å². The Morgan fingerprint density at radius 3 is 2.43 bits per heavy atom. The molecule has 1 aliphatic rings. The molecule has 1 saturated heterocycles. The van der Waals surface area contributed by atoms with Gasteiger partial charge in [-0.3, -0.25) is 9.69 Å². The zero-order chi connectivity index (χ0) is 15.4. The van der Waals surface area contributed by atoms with Gasteiger partial charge in [-0.25, -0.2) is 13.6 Å². The number of anilines is 1. The molecule has 1 aromatic carbocycles. The third-order valence-electron chi connectivity index (χ3n) is 3.19. The number of carboxylic acids is 1. The number of hydrogen-bond acceptors (Lipinski definition) is 3. The Hall–Kier alpha value is -2.22. The Bertz CT molecular complexity index is 545. The summed E-state index contributed by atoms with van der Waals surface area (Å²) in [4.78, 5) is 25.7. The summed E-state index contributed by atoms with van der Waals surface area (Å²) in [7, 11) is 0. The standard InChI is InChI=1S/C13H15F2N3O3/c14-9-1-2-11(10(15)7-9)16-13(21)18-5-3-17(4-6-18)8-12(19)20/h1-2,7H,3-6,8H2,(H,16,21)(H,19,20). The summed E-state index contributed by atoms with van der Waals surface area (Å²) in [5.41, 5.74) is -0.0886. The van der Waals surface area contributed by atoms with E-state index in [2.05, 4.69) is 5.32 Å². The Kier molecular flexibility index (Phi) is 4.69. The van der Waals surface area contributed by atoms with Crippen molar-refractivity contribution >= 4 is 17.7 Å². The summed E-state index contributed by atoms with van der Waals surface area (Å²) in [6.45, 7) is 1.50. The molecule has 1 aliphatic heterocycles. The van der Waals surface area contributed by atoms with Gasteiger partial charge in [-0.2, -0.15) is 0 Å². The maximum absolute atomic E-state index is 13.4. The van der Waals surface area contributed by atoms with Crippen LogP contribution < -0.4 is 5.32 Å². The molecule has 0 aromatic heterocycles. The normalized spacial score (nSPS) is 15.8. The summed E-state index contributed by atoms with van der Waals surface area (Å²) in [5.74, 6) is -2.47. The fraction of sp³-hybridized carbons (Fsp3) is 0.385.